The van der Waals surface area contributed by atoms with E-state index >= 15 is 0 Å². The van der Waals surface area contributed by atoms with Gasteiger partial charge in [-0.25, -0.2) is 8.78 Å². The van der Waals surface area contributed by atoms with Crippen molar-refractivity contribution in [3.63, 3.8) is 0 Å². The highest BCUT2D eigenvalue weighted by molar-refractivity contribution is 5.63. The molecule has 0 amide bonds. The van der Waals surface area contributed by atoms with E-state index in [1.807, 2.05) is 18.2 Å². The van der Waals surface area contributed by atoms with Crippen LogP contribution in [0.4, 0.5) is 8.78 Å². The molecule has 0 unspecified atom stereocenters. The van der Waals surface area contributed by atoms with Gasteiger partial charge in [0, 0.05) is 54.4 Å². The van der Waals surface area contributed by atoms with Crippen LogP contribution in [0, 0.1) is 34.3 Å². The Kier molecular flexibility index (Phi) is 25.7. The minimum atomic E-state index is -0.163. The van der Waals surface area contributed by atoms with Crippen molar-refractivity contribution in [2.75, 3.05) is 46.3 Å². The molecule has 2 aliphatic rings. The summed E-state index contributed by atoms with van der Waals surface area (Å²) in [7, 11) is 2.21. The van der Waals surface area contributed by atoms with E-state index in [1.54, 1.807) is 12.1 Å². The van der Waals surface area contributed by atoms with Crippen molar-refractivity contribution in [2.24, 2.45) is 22.7 Å². The van der Waals surface area contributed by atoms with Gasteiger partial charge < -0.3 is 20.4 Å². The lowest BCUT2D eigenvalue weighted by Crippen LogP contribution is -2.34. The molecule has 6 heteroatoms. The fourth-order valence-corrected chi connectivity index (χ4v) is 8.37. The second kappa shape index (κ2) is 29.1. The number of piperidine rings is 2. The molecule has 0 bridgehead atoms. The number of nitrogens with zero attached hydrogens (tertiary/aromatic N) is 2. The third-order valence-corrected chi connectivity index (χ3v) is 12.2. The van der Waals surface area contributed by atoms with E-state index in [0.29, 0.717) is 33.4 Å². The van der Waals surface area contributed by atoms with Crippen LogP contribution in [0.25, 0.3) is 11.4 Å². The molecule has 2 aliphatic heterocycles. The van der Waals surface area contributed by atoms with Gasteiger partial charge in [0.05, 0.1) is 0 Å². The van der Waals surface area contributed by atoms with Crippen LogP contribution in [0.1, 0.15) is 174 Å². The number of benzene rings is 2. The fraction of sp³-hybridized carbons (Fsp3) is 0.643. The molecule has 2 saturated heterocycles. The molecule has 4 rings (SSSR count). The molecule has 2 heterocycles. The Morgan fingerprint density at radius 1 is 0.661 bits per heavy atom. The summed E-state index contributed by atoms with van der Waals surface area (Å²) in [6, 6.07) is 11.2. The number of rotatable bonds is 22. The highest BCUT2D eigenvalue weighted by Gasteiger charge is 2.22. The standard InChI is InChI=1S/C27H43FN2.C22H35FN2.C7H14/c1-7-16-29-22(3)25-13-12-24(19-26(25)28)11-9-8-10-23-14-17-30(18-15-23)21(2)20-27(4,5)6;1-4-5-14-24-18(2)21-11-10-20(17-22(21)23)9-7-6-8-19-12-15-25(3)16-13-19;1-5-6-7(2,3)4/h12-13,19,23,29H,2-3,7-11,14-18,20H2,1,4-6H3;10-11,17,19,24H,2,4-9,12-16H2,1,3H3;5H,1,6H2,2-4H3. The molecule has 62 heavy (non-hydrogen) atoms. The van der Waals surface area contributed by atoms with Gasteiger partial charge in [-0.1, -0.05) is 125 Å². The average molecular weight is 859 g/mol. The predicted octanol–water partition coefficient (Wildman–Crippen LogP) is 15.0. The van der Waals surface area contributed by atoms with Crippen molar-refractivity contribution < 1.29 is 8.78 Å². The number of halogens is 2. The second-order valence-electron chi connectivity index (χ2n) is 20.8. The van der Waals surface area contributed by atoms with Crippen LogP contribution >= 0.6 is 0 Å². The predicted molar refractivity (Wildman–Crippen MR) is 269 cm³/mol. The SMILES string of the molecule is C=C(NCCC)c1ccc(CCCCC2CCN(C(=C)CC(C)(C)C)CC2)cc1F.C=C(NCCCC)c1ccc(CCCCC2CCN(C)CC2)cc1F.C=CCC(C)(C)C. The summed E-state index contributed by atoms with van der Waals surface area (Å²) in [5, 5.41) is 6.39. The Hall–Kier alpha value is -3.38. The van der Waals surface area contributed by atoms with Crippen LogP contribution in [0.2, 0.25) is 0 Å². The quantitative estimate of drug-likeness (QED) is 0.0912. The summed E-state index contributed by atoms with van der Waals surface area (Å²) in [5.74, 6) is 1.41. The van der Waals surface area contributed by atoms with Crippen LogP contribution in [0.3, 0.4) is 0 Å². The molecule has 350 valence electrons. The summed E-state index contributed by atoms with van der Waals surface area (Å²) >= 11 is 0. The zero-order valence-corrected chi connectivity index (χ0v) is 41.4. The second-order valence-corrected chi connectivity index (χ2v) is 20.8. The molecule has 0 atom stereocenters. The highest BCUT2D eigenvalue weighted by Crippen LogP contribution is 2.30. The van der Waals surface area contributed by atoms with Crippen LogP contribution in [0.15, 0.2) is 74.5 Å². The summed E-state index contributed by atoms with van der Waals surface area (Å²) in [6.45, 7) is 40.1. The van der Waals surface area contributed by atoms with Crippen LogP contribution in [-0.2, 0) is 12.8 Å². The Morgan fingerprint density at radius 3 is 1.52 bits per heavy atom. The third-order valence-electron chi connectivity index (χ3n) is 12.2. The third kappa shape index (κ3) is 23.3. The minimum absolute atomic E-state index is 0.151. The number of aryl methyl sites for hydroxylation is 2. The van der Waals surface area contributed by atoms with Gasteiger partial charge in [0.2, 0.25) is 0 Å². The molecular weight excluding hydrogens is 767 g/mol. The molecule has 0 aromatic heterocycles. The number of hydrogen-bond acceptors (Lipinski definition) is 4. The van der Waals surface area contributed by atoms with Gasteiger partial charge in [0.25, 0.3) is 0 Å². The number of nitrogens with one attached hydrogen (secondary N) is 2. The summed E-state index contributed by atoms with van der Waals surface area (Å²) < 4.78 is 28.8. The smallest absolute Gasteiger partial charge is 0.132 e. The Labute approximate surface area is 381 Å². The Bertz CT molecular complexity index is 1600. The van der Waals surface area contributed by atoms with Gasteiger partial charge in [0.15, 0.2) is 0 Å². The van der Waals surface area contributed by atoms with Crippen molar-refractivity contribution >= 4 is 11.4 Å². The Morgan fingerprint density at radius 2 is 1.13 bits per heavy atom. The van der Waals surface area contributed by atoms with Crippen molar-refractivity contribution in [3.05, 3.63) is 108 Å². The molecular formula is C56H92F2N4. The van der Waals surface area contributed by atoms with Crippen molar-refractivity contribution in [1.29, 1.82) is 0 Å². The first-order valence-electron chi connectivity index (χ1n) is 24.5. The minimum Gasteiger partial charge on any atom is -0.385 e. The van der Waals surface area contributed by atoms with Crippen molar-refractivity contribution in [1.82, 2.24) is 20.4 Å². The van der Waals surface area contributed by atoms with Gasteiger partial charge >= 0.3 is 0 Å². The first-order valence-corrected chi connectivity index (χ1v) is 24.5. The van der Waals surface area contributed by atoms with Gasteiger partial charge in [-0.15, -0.1) is 6.58 Å². The van der Waals surface area contributed by atoms with Crippen molar-refractivity contribution in [2.45, 2.75) is 165 Å². The maximum atomic E-state index is 14.4. The monoisotopic (exact) mass is 859 g/mol. The molecule has 0 aliphatic carbocycles. The number of allylic oxidation sites excluding steroid dienone is 2. The van der Waals surface area contributed by atoms with E-state index < -0.39 is 0 Å². The van der Waals surface area contributed by atoms with E-state index in [0.717, 1.165) is 107 Å². The highest BCUT2D eigenvalue weighted by atomic mass is 19.1. The van der Waals surface area contributed by atoms with Crippen LogP contribution in [-0.4, -0.2) is 56.1 Å². The van der Waals surface area contributed by atoms with E-state index in [2.05, 4.69) is 121 Å². The fourth-order valence-electron chi connectivity index (χ4n) is 8.37. The summed E-state index contributed by atoms with van der Waals surface area (Å²) in [4.78, 5) is 4.92. The van der Waals surface area contributed by atoms with Crippen LogP contribution < -0.4 is 10.6 Å². The number of hydrogen-bond donors (Lipinski definition) is 2. The maximum Gasteiger partial charge on any atom is 0.132 e. The molecule has 2 N–H and O–H groups in total. The van der Waals surface area contributed by atoms with Crippen molar-refractivity contribution in [3.8, 4) is 0 Å². The van der Waals surface area contributed by atoms with E-state index in [9.17, 15) is 8.78 Å². The average Bonchev–Trinajstić information content (AvgIpc) is 3.20. The first-order chi connectivity index (χ1) is 29.3. The van der Waals surface area contributed by atoms with E-state index in [4.69, 9.17) is 0 Å². The molecule has 2 aromatic rings. The maximum absolute atomic E-state index is 14.4. The topological polar surface area (TPSA) is 30.5 Å². The lowest BCUT2D eigenvalue weighted by Gasteiger charge is -2.36. The lowest BCUT2D eigenvalue weighted by atomic mass is 9.88. The zero-order chi connectivity index (χ0) is 46.1. The van der Waals surface area contributed by atoms with Gasteiger partial charge in [-0.05, 0) is 155 Å². The van der Waals surface area contributed by atoms with Gasteiger partial charge in [-0.3, -0.25) is 0 Å². The van der Waals surface area contributed by atoms with Gasteiger partial charge in [-0.2, -0.15) is 0 Å². The normalized spacial score (nSPS) is 15.2. The van der Waals surface area contributed by atoms with Crippen LogP contribution in [0.5, 0.6) is 0 Å². The molecule has 0 saturated carbocycles. The largest absolute Gasteiger partial charge is 0.385 e. The summed E-state index contributed by atoms with van der Waals surface area (Å²) in [5.41, 5.74) is 6.81. The molecule has 0 spiro atoms. The number of unbranched alkanes of at least 4 members (excludes halogenated alkanes) is 3. The lowest BCUT2D eigenvalue weighted by molar-refractivity contribution is 0.199. The van der Waals surface area contributed by atoms with E-state index in [-0.39, 0.29) is 11.6 Å². The molecule has 0 radical (unpaired) electrons. The number of likely N-dealkylation sites (tertiary alicyclic amines) is 2. The summed E-state index contributed by atoms with van der Waals surface area (Å²) in [6.07, 6.45) is 21.9. The van der Waals surface area contributed by atoms with E-state index in [1.165, 1.54) is 70.2 Å². The zero-order valence-electron chi connectivity index (χ0n) is 41.4. The van der Waals surface area contributed by atoms with Gasteiger partial charge in [0.1, 0.15) is 11.6 Å². The Balaban J connectivity index is 0.000000374. The molecule has 2 fully saturated rings. The molecule has 4 nitrogen and oxygen atoms in total. The molecule has 2 aromatic carbocycles. The first kappa shape index (κ1) is 54.8.